The highest BCUT2D eigenvalue weighted by molar-refractivity contribution is 8.01. The second-order valence-electron chi connectivity index (χ2n) is 4.93. The van der Waals surface area contributed by atoms with Crippen molar-refractivity contribution in [3.63, 3.8) is 0 Å². The first-order chi connectivity index (χ1) is 8.29. The highest BCUT2D eigenvalue weighted by Crippen LogP contribution is 2.34. The van der Waals surface area contributed by atoms with Gasteiger partial charge in [-0.15, -0.1) is 0 Å². The normalized spacial score (nSPS) is 16.8. The predicted octanol–water partition coefficient (Wildman–Crippen LogP) is 4.60. The molecule has 17 heavy (non-hydrogen) atoms. The average molecular weight is 250 g/mol. The van der Waals surface area contributed by atoms with Gasteiger partial charge in [0.05, 0.1) is 0 Å². The van der Waals surface area contributed by atoms with E-state index in [-0.39, 0.29) is 0 Å². The summed E-state index contributed by atoms with van der Waals surface area (Å²) in [6.45, 7) is 4.51. The quantitative estimate of drug-likeness (QED) is 0.716. The molecule has 1 unspecified atom stereocenters. The van der Waals surface area contributed by atoms with E-state index in [4.69, 9.17) is 0 Å². The van der Waals surface area contributed by atoms with Crippen molar-refractivity contribution in [2.45, 2.75) is 57.1 Å². The van der Waals surface area contributed by atoms with E-state index in [1.54, 1.807) is 0 Å². The highest BCUT2D eigenvalue weighted by Gasteiger charge is 2.22. The molecule has 1 atom stereocenters. The summed E-state index contributed by atoms with van der Waals surface area (Å²) in [6, 6.07) is 4.27. The fraction of sp³-hybridized carbons (Fsp3) is 0.643. The molecule has 0 spiro atoms. The number of nitrogens with one attached hydrogen (secondary N) is 1. The van der Waals surface area contributed by atoms with Crippen LogP contribution in [-0.2, 0) is 0 Å². The van der Waals surface area contributed by atoms with Gasteiger partial charge >= 0.3 is 0 Å². The minimum absolute atomic E-state index is 0.572. The van der Waals surface area contributed by atoms with Crippen LogP contribution in [-0.4, -0.2) is 10.2 Å². The van der Waals surface area contributed by atoms with Gasteiger partial charge in [0.1, 0.15) is 0 Å². The van der Waals surface area contributed by atoms with Crippen LogP contribution in [0, 0.1) is 0 Å². The summed E-state index contributed by atoms with van der Waals surface area (Å²) in [5, 5.41) is 0.837. The molecule has 1 aliphatic carbocycles. The van der Waals surface area contributed by atoms with Gasteiger partial charge in [0, 0.05) is 22.8 Å². The van der Waals surface area contributed by atoms with Crippen molar-refractivity contribution in [1.29, 1.82) is 0 Å². The van der Waals surface area contributed by atoms with Crippen LogP contribution in [0.4, 0.5) is 5.69 Å². The number of hydrogen-bond acceptors (Lipinski definition) is 3. The van der Waals surface area contributed by atoms with Crippen molar-refractivity contribution in [3.8, 4) is 0 Å². The lowest BCUT2D eigenvalue weighted by Crippen LogP contribution is -1.98. The molecule has 0 aliphatic heterocycles. The number of rotatable bonds is 7. The summed E-state index contributed by atoms with van der Waals surface area (Å²) in [5.41, 5.74) is 2.43. The summed E-state index contributed by atoms with van der Waals surface area (Å²) in [6.07, 6.45) is 8.44. The molecule has 1 N–H and O–H groups in total. The molecule has 94 valence electrons. The molecule has 1 aromatic heterocycles. The van der Waals surface area contributed by atoms with E-state index in [0.717, 1.165) is 5.25 Å². The third-order valence-corrected chi connectivity index (χ3v) is 4.30. The van der Waals surface area contributed by atoms with E-state index in [1.807, 2.05) is 18.1 Å². The monoisotopic (exact) mass is 250 g/mol. The number of nitrogens with zero attached hydrogens (tertiary/aromatic N) is 1. The molecule has 1 heterocycles. The van der Waals surface area contributed by atoms with Crippen molar-refractivity contribution < 1.29 is 0 Å². The average Bonchev–Trinajstić information content (AvgIpc) is 3.18. The SMILES string of the molecule is CCCCC(C)c1cc(NSC2CC2)ccn1. The molecule has 0 aromatic carbocycles. The highest BCUT2D eigenvalue weighted by atomic mass is 32.2. The fourth-order valence-corrected chi connectivity index (χ4v) is 2.58. The Kier molecular flexibility index (Phi) is 4.72. The smallest absolute Gasteiger partial charge is 0.0473 e. The summed E-state index contributed by atoms with van der Waals surface area (Å²) in [4.78, 5) is 4.49. The van der Waals surface area contributed by atoms with Gasteiger partial charge in [-0.3, -0.25) is 4.98 Å². The summed E-state index contributed by atoms with van der Waals surface area (Å²) in [5.74, 6) is 0.572. The summed E-state index contributed by atoms with van der Waals surface area (Å²) in [7, 11) is 0. The minimum Gasteiger partial charge on any atom is -0.329 e. The molecule has 0 amide bonds. The molecule has 2 nitrogen and oxygen atoms in total. The standard InChI is InChI=1S/C14H22N2S/c1-3-4-5-11(2)14-10-12(8-9-15-14)16-17-13-6-7-13/h8-11,13H,3-7H2,1-2H3,(H,15,16). The number of hydrogen-bond donors (Lipinski definition) is 1. The first-order valence-electron chi connectivity index (χ1n) is 6.67. The number of aromatic nitrogens is 1. The van der Waals surface area contributed by atoms with Crippen LogP contribution in [0.1, 0.15) is 57.6 Å². The second kappa shape index (κ2) is 6.29. The van der Waals surface area contributed by atoms with Crippen LogP contribution in [0.5, 0.6) is 0 Å². The van der Waals surface area contributed by atoms with E-state index in [1.165, 1.54) is 43.5 Å². The maximum Gasteiger partial charge on any atom is 0.0473 e. The minimum atomic E-state index is 0.572. The molecule has 1 fully saturated rings. The predicted molar refractivity (Wildman–Crippen MR) is 76.4 cm³/mol. The lowest BCUT2D eigenvalue weighted by molar-refractivity contribution is 0.611. The van der Waals surface area contributed by atoms with Crippen LogP contribution in [0.2, 0.25) is 0 Å². The molecule has 1 saturated carbocycles. The van der Waals surface area contributed by atoms with Gasteiger partial charge in [-0.2, -0.15) is 0 Å². The van der Waals surface area contributed by atoms with Crippen molar-refractivity contribution >= 4 is 17.6 Å². The molecule has 0 saturated heterocycles. The Hall–Kier alpha value is -0.700. The number of unbranched alkanes of at least 4 members (excludes halogenated alkanes) is 1. The van der Waals surface area contributed by atoms with Gasteiger partial charge in [0.2, 0.25) is 0 Å². The van der Waals surface area contributed by atoms with Crippen molar-refractivity contribution in [1.82, 2.24) is 4.98 Å². The maximum atomic E-state index is 4.49. The maximum absolute atomic E-state index is 4.49. The van der Waals surface area contributed by atoms with E-state index >= 15 is 0 Å². The summed E-state index contributed by atoms with van der Waals surface area (Å²) >= 11 is 1.86. The summed E-state index contributed by atoms with van der Waals surface area (Å²) < 4.78 is 3.43. The zero-order valence-corrected chi connectivity index (χ0v) is 11.6. The molecular weight excluding hydrogens is 228 g/mol. The Balaban J connectivity index is 1.89. The number of anilines is 1. The molecule has 0 radical (unpaired) electrons. The molecule has 2 rings (SSSR count). The van der Waals surface area contributed by atoms with E-state index in [2.05, 4.69) is 35.7 Å². The lowest BCUT2D eigenvalue weighted by Gasteiger charge is -2.12. The third kappa shape index (κ3) is 4.23. The van der Waals surface area contributed by atoms with Gasteiger partial charge in [-0.25, -0.2) is 0 Å². The Labute approximate surface area is 109 Å². The van der Waals surface area contributed by atoms with Gasteiger partial charge in [0.25, 0.3) is 0 Å². The van der Waals surface area contributed by atoms with Crippen LogP contribution in [0.25, 0.3) is 0 Å². The zero-order chi connectivity index (χ0) is 12.1. The van der Waals surface area contributed by atoms with Gasteiger partial charge in [-0.05, 0) is 49.3 Å². The third-order valence-electron chi connectivity index (χ3n) is 3.14. The van der Waals surface area contributed by atoms with E-state index < -0.39 is 0 Å². The molecule has 0 bridgehead atoms. The topological polar surface area (TPSA) is 24.9 Å². The second-order valence-corrected chi connectivity index (χ2v) is 6.04. The lowest BCUT2D eigenvalue weighted by atomic mass is 10.00. The zero-order valence-electron chi connectivity index (χ0n) is 10.8. The van der Waals surface area contributed by atoms with Gasteiger partial charge in [0.15, 0.2) is 0 Å². The fourth-order valence-electron chi connectivity index (χ4n) is 1.78. The van der Waals surface area contributed by atoms with E-state index in [0.29, 0.717) is 5.92 Å². The number of pyridine rings is 1. The molecule has 3 heteroatoms. The van der Waals surface area contributed by atoms with Gasteiger partial charge in [-0.1, -0.05) is 26.7 Å². The first kappa shape index (κ1) is 12.7. The Morgan fingerprint density at radius 2 is 2.35 bits per heavy atom. The van der Waals surface area contributed by atoms with Crippen LogP contribution < -0.4 is 4.72 Å². The van der Waals surface area contributed by atoms with Crippen LogP contribution >= 0.6 is 11.9 Å². The van der Waals surface area contributed by atoms with Crippen molar-refractivity contribution in [3.05, 3.63) is 24.0 Å². The van der Waals surface area contributed by atoms with Crippen LogP contribution in [0.15, 0.2) is 18.3 Å². The van der Waals surface area contributed by atoms with Crippen LogP contribution in [0.3, 0.4) is 0 Å². The van der Waals surface area contributed by atoms with E-state index in [9.17, 15) is 0 Å². The Morgan fingerprint density at radius 3 is 3.06 bits per heavy atom. The van der Waals surface area contributed by atoms with Gasteiger partial charge < -0.3 is 4.72 Å². The molecule has 1 aliphatic rings. The van der Waals surface area contributed by atoms with Crippen molar-refractivity contribution in [2.24, 2.45) is 0 Å². The van der Waals surface area contributed by atoms with Crippen molar-refractivity contribution in [2.75, 3.05) is 4.72 Å². The molecular formula is C14H22N2S. The molecule has 1 aromatic rings. The first-order valence-corrected chi connectivity index (χ1v) is 7.55. The Bertz CT molecular complexity index is 350. The largest absolute Gasteiger partial charge is 0.329 e. The Morgan fingerprint density at radius 1 is 1.53 bits per heavy atom.